The highest BCUT2D eigenvalue weighted by molar-refractivity contribution is 7.89. The van der Waals surface area contributed by atoms with Crippen LogP contribution in [0.1, 0.15) is 10.4 Å². The molecule has 1 aromatic carbocycles. The molecule has 0 saturated heterocycles. The first-order valence-corrected chi connectivity index (χ1v) is 6.49. The van der Waals surface area contributed by atoms with Gasteiger partial charge in [0, 0.05) is 0 Å². The van der Waals surface area contributed by atoms with Crippen LogP contribution in [0, 0.1) is 0 Å². The minimum absolute atomic E-state index is 0.134. The number of sulfonamides is 1. The fourth-order valence-electron chi connectivity index (χ4n) is 1.26. The van der Waals surface area contributed by atoms with E-state index in [0.29, 0.717) is 0 Å². The lowest BCUT2D eigenvalue weighted by Crippen LogP contribution is -2.40. The lowest BCUT2D eigenvalue weighted by molar-refractivity contribution is -0.120. The number of amides is 2. The number of hydrogen-bond donors (Lipinski definition) is 5. The van der Waals surface area contributed by atoms with Crippen molar-refractivity contribution in [3.63, 3.8) is 0 Å². The molecule has 2 amide bonds. The van der Waals surface area contributed by atoms with E-state index in [1.165, 1.54) is 24.3 Å². The smallest absolute Gasteiger partial charge is 0.266 e. The van der Waals surface area contributed by atoms with E-state index in [1.54, 1.807) is 5.43 Å². The number of rotatable bonds is 5. The Bertz CT molecular complexity index is 586. The summed E-state index contributed by atoms with van der Waals surface area (Å²) in [5.74, 6) is 8.31. The third-order valence-electron chi connectivity index (χ3n) is 2.14. The van der Waals surface area contributed by atoms with Gasteiger partial charge in [0.05, 0.1) is 17.0 Å². The summed E-state index contributed by atoms with van der Waals surface area (Å²) in [6.07, 6.45) is 0. The molecule has 0 spiro atoms. The van der Waals surface area contributed by atoms with Crippen LogP contribution in [0.25, 0.3) is 0 Å². The predicted molar refractivity (Wildman–Crippen MR) is 65.6 cm³/mol. The number of carbonyl (C=O) groups is 2. The van der Waals surface area contributed by atoms with Gasteiger partial charge in [-0.15, -0.1) is 0 Å². The molecule has 0 saturated carbocycles. The molecule has 9 nitrogen and oxygen atoms in total. The van der Waals surface area contributed by atoms with Crippen molar-refractivity contribution in [2.45, 2.75) is 4.90 Å². The van der Waals surface area contributed by atoms with Gasteiger partial charge in [-0.3, -0.25) is 20.4 Å². The molecule has 0 fully saturated rings. The molecule has 10 heteroatoms. The van der Waals surface area contributed by atoms with Crippen LogP contribution in [0.5, 0.6) is 0 Å². The van der Waals surface area contributed by atoms with Crippen molar-refractivity contribution < 1.29 is 18.0 Å². The molecule has 0 aliphatic rings. The Morgan fingerprint density at radius 2 is 1.74 bits per heavy atom. The monoisotopic (exact) mass is 287 g/mol. The fraction of sp³-hybridized carbons (Fsp3) is 0.111. The summed E-state index contributed by atoms with van der Waals surface area (Å²) in [6, 6.07) is 5.42. The van der Waals surface area contributed by atoms with Gasteiger partial charge in [-0.1, -0.05) is 12.1 Å². The summed E-state index contributed by atoms with van der Waals surface area (Å²) in [7, 11) is -4.03. The van der Waals surface area contributed by atoms with E-state index >= 15 is 0 Å². The zero-order valence-electron chi connectivity index (χ0n) is 9.71. The normalized spacial score (nSPS) is 10.8. The highest BCUT2D eigenvalue weighted by Crippen LogP contribution is 2.14. The maximum atomic E-state index is 11.9. The van der Waals surface area contributed by atoms with Gasteiger partial charge >= 0.3 is 0 Å². The lowest BCUT2D eigenvalue weighted by atomic mass is 10.2. The van der Waals surface area contributed by atoms with Gasteiger partial charge in [0.15, 0.2) is 0 Å². The Morgan fingerprint density at radius 1 is 1.11 bits per heavy atom. The Kier molecular flexibility index (Phi) is 4.94. The minimum Gasteiger partial charge on any atom is -0.293 e. The molecule has 0 heterocycles. The molecule has 104 valence electrons. The maximum absolute atomic E-state index is 11.9. The summed E-state index contributed by atoms with van der Waals surface area (Å²) < 4.78 is 25.9. The summed E-state index contributed by atoms with van der Waals surface area (Å²) in [4.78, 5) is 22.1. The van der Waals surface area contributed by atoms with Crippen molar-refractivity contribution in [3.05, 3.63) is 29.8 Å². The molecule has 0 aromatic heterocycles. The van der Waals surface area contributed by atoms with Crippen molar-refractivity contribution in [1.29, 1.82) is 0 Å². The van der Waals surface area contributed by atoms with Crippen molar-refractivity contribution in [3.8, 4) is 0 Å². The topological polar surface area (TPSA) is 156 Å². The quantitative estimate of drug-likeness (QED) is 0.230. The second-order valence-electron chi connectivity index (χ2n) is 3.36. The van der Waals surface area contributed by atoms with Gasteiger partial charge in [0.25, 0.3) is 5.91 Å². The second-order valence-corrected chi connectivity index (χ2v) is 5.10. The molecular weight excluding hydrogens is 274 g/mol. The predicted octanol–water partition coefficient (Wildman–Crippen LogP) is -2.44. The van der Waals surface area contributed by atoms with E-state index in [4.69, 9.17) is 11.7 Å². The number of hydrogen-bond acceptors (Lipinski definition) is 6. The number of hydrazine groups is 2. The van der Waals surface area contributed by atoms with E-state index in [9.17, 15) is 18.0 Å². The standard InChI is InChI=1S/C9H13N5O4S/c10-13-8(15)5-12-19(17,18)7-4-2-1-3-6(7)9(16)14-11/h1-4,12H,5,10-11H2,(H,13,15)(H,14,16). The zero-order valence-corrected chi connectivity index (χ0v) is 10.5. The van der Waals surface area contributed by atoms with Crippen molar-refractivity contribution in [2.75, 3.05) is 6.54 Å². The third-order valence-corrected chi connectivity index (χ3v) is 3.60. The minimum atomic E-state index is -4.03. The molecule has 1 rings (SSSR count). The van der Waals surface area contributed by atoms with Crippen LogP contribution >= 0.6 is 0 Å². The molecule has 7 N–H and O–H groups in total. The van der Waals surface area contributed by atoms with Gasteiger partial charge < -0.3 is 0 Å². The molecule has 1 aromatic rings. The van der Waals surface area contributed by atoms with Crippen LogP contribution in [-0.2, 0) is 14.8 Å². The Balaban J connectivity index is 3.08. The zero-order chi connectivity index (χ0) is 14.5. The molecule has 0 unspecified atom stereocenters. The summed E-state index contributed by atoms with van der Waals surface area (Å²) >= 11 is 0. The van der Waals surface area contributed by atoms with Crippen molar-refractivity contribution >= 4 is 21.8 Å². The highest BCUT2D eigenvalue weighted by atomic mass is 32.2. The molecular formula is C9H13N5O4S. The van der Waals surface area contributed by atoms with Crippen LogP contribution in [0.4, 0.5) is 0 Å². The molecule has 0 atom stereocenters. The SMILES string of the molecule is NNC(=O)CNS(=O)(=O)c1ccccc1C(=O)NN. The van der Waals surface area contributed by atoms with E-state index in [2.05, 4.69) is 0 Å². The maximum Gasteiger partial charge on any atom is 0.266 e. The Morgan fingerprint density at radius 3 is 2.32 bits per heavy atom. The largest absolute Gasteiger partial charge is 0.293 e. The van der Waals surface area contributed by atoms with Crippen molar-refractivity contribution in [1.82, 2.24) is 15.6 Å². The van der Waals surface area contributed by atoms with Crippen LogP contribution in [0.15, 0.2) is 29.2 Å². The molecule has 0 aliphatic heterocycles. The van der Waals surface area contributed by atoms with Gasteiger partial charge in [-0.25, -0.2) is 24.8 Å². The molecule has 0 aliphatic carbocycles. The number of carbonyl (C=O) groups excluding carboxylic acids is 2. The van der Waals surface area contributed by atoms with Gasteiger partial charge in [-0.05, 0) is 12.1 Å². The van der Waals surface area contributed by atoms with Gasteiger partial charge in [0.1, 0.15) is 0 Å². The number of nitrogens with one attached hydrogen (secondary N) is 3. The molecule has 0 bridgehead atoms. The highest BCUT2D eigenvalue weighted by Gasteiger charge is 2.22. The molecule has 0 radical (unpaired) electrons. The van der Waals surface area contributed by atoms with Crippen LogP contribution in [0.3, 0.4) is 0 Å². The fourth-order valence-corrected chi connectivity index (χ4v) is 2.44. The number of benzene rings is 1. The first-order valence-electron chi connectivity index (χ1n) is 5.01. The van der Waals surface area contributed by atoms with Crippen LogP contribution < -0.4 is 27.3 Å². The number of nitrogens with two attached hydrogens (primary N) is 2. The average molecular weight is 287 g/mol. The summed E-state index contributed by atoms with van der Waals surface area (Å²) in [5, 5.41) is 0. The van der Waals surface area contributed by atoms with Crippen molar-refractivity contribution in [2.24, 2.45) is 11.7 Å². The first kappa shape index (κ1) is 15.0. The van der Waals surface area contributed by atoms with Gasteiger partial charge in [0.2, 0.25) is 15.9 Å². The van der Waals surface area contributed by atoms with E-state index in [0.717, 1.165) is 0 Å². The average Bonchev–Trinajstić information content (AvgIpc) is 2.43. The van der Waals surface area contributed by atoms with E-state index < -0.39 is 28.4 Å². The van der Waals surface area contributed by atoms with E-state index in [1.807, 2.05) is 10.1 Å². The summed E-state index contributed by atoms with van der Waals surface area (Å²) in [5.41, 5.74) is 3.48. The second kappa shape index (κ2) is 6.24. The lowest BCUT2D eigenvalue weighted by Gasteiger charge is -2.09. The third kappa shape index (κ3) is 3.72. The Hall–Kier alpha value is -2.01. The first-order chi connectivity index (χ1) is 8.92. The molecule has 19 heavy (non-hydrogen) atoms. The van der Waals surface area contributed by atoms with E-state index in [-0.39, 0.29) is 10.5 Å². The number of nitrogen functional groups attached to an aromatic ring is 1. The van der Waals surface area contributed by atoms with Crippen LogP contribution in [0.2, 0.25) is 0 Å². The van der Waals surface area contributed by atoms with Gasteiger partial charge in [-0.2, -0.15) is 0 Å². The summed E-state index contributed by atoms with van der Waals surface area (Å²) in [6.45, 7) is -0.544. The Labute approximate surface area is 109 Å². The van der Waals surface area contributed by atoms with Crippen LogP contribution in [-0.4, -0.2) is 26.8 Å².